The number of carbonyl (C=O) groups is 1. The molecule has 1 saturated heterocycles. The summed E-state index contributed by atoms with van der Waals surface area (Å²) in [6, 6.07) is 0.0939. The number of aromatic amines is 1. The van der Waals surface area contributed by atoms with E-state index in [9.17, 15) is 9.59 Å². The second kappa shape index (κ2) is 8.30. The third kappa shape index (κ3) is 3.39. The SMILES string of the molecule is CC1CCc2c(sc3ncn(C4CCN(C(=O)c5n[nH]c6c5CCC6)CC4)c(=O)c23)C1.Cl. The molecule has 1 fully saturated rings. The molecule has 0 bridgehead atoms. The van der Waals surface area contributed by atoms with Gasteiger partial charge in [0.2, 0.25) is 0 Å². The van der Waals surface area contributed by atoms with Crippen LogP contribution in [0.5, 0.6) is 0 Å². The molecule has 170 valence electrons. The number of nitrogens with one attached hydrogen (secondary N) is 1. The highest BCUT2D eigenvalue weighted by molar-refractivity contribution is 7.18. The quantitative estimate of drug-likeness (QED) is 0.615. The fourth-order valence-electron chi connectivity index (χ4n) is 5.60. The molecule has 1 unspecified atom stereocenters. The van der Waals surface area contributed by atoms with Gasteiger partial charge >= 0.3 is 0 Å². The van der Waals surface area contributed by atoms with Crippen molar-refractivity contribution in [3.8, 4) is 0 Å². The van der Waals surface area contributed by atoms with Gasteiger partial charge in [-0.3, -0.25) is 19.3 Å². The average molecular weight is 474 g/mol. The largest absolute Gasteiger partial charge is 0.337 e. The fraction of sp³-hybridized carbons (Fsp3) is 0.565. The molecular formula is C23H28ClN5O2S. The van der Waals surface area contributed by atoms with E-state index < -0.39 is 0 Å². The molecule has 3 aromatic heterocycles. The highest BCUT2D eigenvalue weighted by Gasteiger charge is 2.31. The Hall–Kier alpha value is -2.19. The molecule has 3 aliphatic rings. The number of aromatic nitrogens is 4. The van der Waals surface area contributed by atoms with Gasteiger partial charge in [0, 0.05) is 35.3 Å². The number of H-pyrrole nitrogens is 1. The van der Waals surface area contributed by atoms with Gasteiger partial charge in [-0.15, -0.1) is 23.7 Å². The maximum Gasteiger partial charge on any atom is 0.274 e. The Morgan fingerprint density at radius 3 is 2.78 bits per heavy atom. The summed E-state index contributed by atoms with van der Waals surface area (Å²) < 4.78 is 1.83. The summed E-state index contributed by atoms with van der Waals surface area (Å²) in [6.45, 7) is 3.58. The van der Waals surface area contributed by atoms with E-state index in [2.05, 4.69) is 22.1 Å². The summed E-state index contributed by atoms with van der Waals surface area (Å²) in [4.78, 5) is 35.2. The van der Waals surface area contributed by atoms with Gasteiger partial charge in [0.15, 0.2) is 5.69 Å². The molecule has 3 aromatic rings. The Bertz CT molecular complexity index is 1240. The van der Waals surface area contributed by atoms with Crippen LogP contribution in [0.3, 0.4) is 0 Å². The number of rotatable bonds is 2. The van der Waals surface area contributed by atoms with Crippen LogP contribution in [0.15, 0.2) is 11.1 Å². The zero-order chi connectivity index (χ0) is 21.1. The molecule has 0 saturated carbocycles. The first-order chi connectivity index (χ1) is 15.1. The van der Waals surface area contributed by atoms with E-state index in [1.807, 2.05) is 9.47 Å². The van der Waals surface area contributed by atoms with Gasteiger partial charge in [0.25, 0.3) is 11.5 Å². The monoisotopic (exact) mass is 473 g/mol. The van der Waals surface area contributed by atoms with Crippen molar-refractivity contribution in [1.82, 2.24) is 24.6 Å². The Kier molecular flexibility index (Phi) is 5.61. The zero-order valence-corrected chi connectivity index (χ0v) is 19.9. The van der Waals surface area contributed by atoms with Crippen LogP contribution in [0, 0.1) is 5.92 Å². The van der Waals surface area contributed by atoms with Crippen LogP contribution < -0.4 is 5.56 Å². The molecule has 4 heterocycles. The van der Waals surface area contributed by atoms with Crippen molar-refractivity contribution in [2.45, 2.75) is 64.3 Å². The van der Waals surface area contributed by atoms with Crippen molar-refractivity contribution in [3.05, 3.63) is 44.1 Å². The molecule has 0 aromatic carbocycles. The Balaban J connectivity index is 0.00000216. The van der Waals surface area contributed by atoms with Gasteiger partial charge in [0.1, 0.15) is 4.83 Å². The van der Waals surface area contributed by atoms with Crippen molar-refractivity contribution in [2.24, 2.45) is 5.92 Å². The van der Waals surface area contributed by atoms with E-state index >= 15 is 0 Å². The van der Waals surface area contributed by atoms with E-state index in [4.69, 9.17) is 0 Å². The molecule has 0 spiro atoms. The molecule has 1 N–H and O–H groups in total. The second-order valence-electron chi connectivity index (χ2n) is 9.40. The van der Waals surface area contributed by atoms with Gasteiger partial charge in [0.05, 0.1) is 11.7 Å². The minimum absolute atomic E-state index is 0. The van der Waals surface area contributed by atoms with Crippen molar-refractivity contribution in [1.29, 1.82) is 0 Å². The van der Waals surface area contributed by atoms with E-state index in [0.29, 0.717) is 24.7 Å². The van der Waals surface area contributed by atoms with Gasteiger partial charge in [-0.2, -0.15) is 5.10 Å². The summed E-state index contributed by atoms with van der Waals surface area (Å²) in [5.41, 5.74) is 4.18. The molecule has 9 heteroatoms. The van der Waals surface area contributed by atoms with E-state index in [1.54, 1.807) is 17.7 Å². The first kappa shape index (κ1) is 21.6. The lowest BCUT2D eigenvalue weighted by Crippen LogP contribution is -2.41. The number of amides is 1. The molecule has 2 aliphatic carbocycles. The normalized spacial score (nSPS) is 20.8. The van der Waals surface area contributed by atoms with E-state index in [1.165, 1.54) is 10.4 Å². The minimum Gasteiger partial charge on any atom is -0.337 e. The smallest absolute Gasteiger partial charge is 0.274 e. The number of hydrogen-bond donors (Lipinski definition) is 1. The third-order valence-electron chi connectivity index (χ3n) is 7.39. The number of nitrogens with zero attached hydrogens (tertiary/aromatic N) is 4. The summed E-state index contributed by atoms with van der Waals surface area (Å²) in [5.74, 6) is 0.709. The van der Waals surface area contributed by atoms with Crippen molar-refractivity contribution >= 4 is 39.9 Å². The highest BCUT2D eigenvalue weighted by atomic mass is 35.5. The number of halogens is 1. The van der Waals surface area contributed by atoms with Gasteiger partial charge < -0.3 is 4.90 Å². The summed E-state index contributed by atoms with van der Waals surface area (Å²) in [6.07, 6.45) is 9.49. The lowest BCUT2D eigenvalue weighted by Gasteiger charge is -2.32. The van der Waals surface area contributed by atoms with Crippen LogP contribution >= 0.6 is 23.7 Å². The Labute approximate surface area is 196 Å². The van der Waals surface area contributed by atoms with Crippen LogP contribution in [0.25, 0.3) is 10.2 Å². The maximum absolute atomic E-state index is 13.4. The van der Waals surface area contributed by atoms with Crippen LogP contribution in [-0.4, -0.2) is 43.6 Å². The van der Waals surface area contributed by atoms with Crippen molar-refractivity contribution in [3.63, 3.8) is 0 Å². The molecule has 1 amide bonds. The highest BCUT2D eigenvalue weighted by Crippen LogP contribution is 2.36. The molecular weight excluding hydrogens is 446 g/mol. The maximum atomic E-state index is 13.4. The van der Waals surface area contributed by atoms with Crippen molar-refractivity contribution < 1.29 is 4.79 Å². The molecule has 6 rings (SSSR count). The lowest BCUT2D eigenvalue weighted by atomic mass is 9.89. The summed E-state index contributed by atoms with van der Waals surface area (Å²) in [7, 11) is 0. The lowest BCUT2D eigenvalue weighted by molar-refractivity contribution is 0.0686. The molecule has 1 aliphatic heterocycles. The number of thiophene rings is 1. The second-order valence-corrected chi connectivity index (χ2v) is 10.5. The predicted molar refractivity (Wildman–Crippen MR) is 127 cm³/mol. The van der Waals surface area contributed by atoms with E-state index in [-0.39, 0.29) is 29.9 Å². The van der Waals surface area contributed by atoms with Crippen LogP contribution in [-0.2, 0) is 25.7 Å². The Morgan fingerprint density at radius 2 is 1.97 bits per heavy atom. The Morgan fingerprint density at radius 1 is 1.16 bits per heavy atom. The third-order valence-corrected chi connectivity index (χ3v) is 8.56. The molecule has 0 radical (unpaired) electrons. The average Bonchev–Trinajstić information content (AvgIpc) is 3.47. The summed E-state index contributed by atoms with van der Waals surface area (Å²) >= 11 is 1.70. The standard InChI is InChI=1S/C23H27N5O2S.ClH/c1-13-5-6-16-18(11-13)31-21-19(16)22(29)28(12-24-21)14-7-9-27(10-8-14)23(30)20-15-3-2-4-17(15)25-26-20;/h12-14H,2-11H2,1H3,(H,25,26);1H. The number of likely N-dealkylation sites (tertiary alicyclic amines) is 1. The first-order valence-corrected chi connectivity index (χ1v) is 12.3. The number of piperidine rings is 1. The molecule has 7 nitrogen and oxygen atoms in total. The number of fused-ring (bicyclic) bond motifs is 4. The number of hydrogen-bond acceptors (Lipinski definition) is 5. The fourth-order valence-corrected chi connectivity index (χ4v) is 6.94. The van der Waals surface area contributed by atoms with Crippen LogP contribution in [0.2, 0.25) is 0 Å². The molecule has 1 atom stereocenters. The number of carbonyl (C=O) groups excluding carboxylic acids is 1. The first-order valence-electron chi connectivity index (χ1n) is 11.5. The van der Waals surface area contributed by atoms with Gasteiger partial charge in [-0.25, -0.2) is 4.98 Å². The van der Waals surface area contributed by atoms with Gasteiger partial charge in [-0.05, 0) is 62.8 Å². The zero-order valence-electron chi connectivity index (χ0n) is 18.2. The van der Waals surface area contributed by atoms with Gasteiger partial charge in [-0.1, -0.05) is 6.92 Å². The van der Waals surface area contributed by atoms with E-state index in [0.717, 1.165) is 72.8 Å². The van der Waals surface area contributed by atoms with Crippen LogP contribution in [0.4, 0.5) is 0 Å². The number of aryl methyl sites for hydroxylation is 2. The predicted octanol–water partition coefficient (Wildman–Crippen LogP) is 3.69. The van der Waals surface area contributed by atoms with Crippen molar-refractivity contribution in [2.75, 3.05) is 13.1 Å². The minimum atomic E-state index is 0. The summed E-state index contributed by atoms with van der Waals surface area (Å²) in [5, 5.41) is 8.19. The topological polar surface area (TPSA) is 83.9 Å². The van der Waals surface area contributed by atoms with Crippen LogP contribution in [0.1, 0.15) is 70.8 Å². The molecule has 32 heavy (non-hydrogen) atoms.